The molecule has 2 heterocycles. The number of ether oxygens (including phenoxy) is 1. The number of fused-ring (bicyclic) bond motifs is 2. The zero-order chi connectivity index (χ0) is 8.55. The van der Waals surface area contributed by atoms with Crippen molar-refractivity contribution in [1.29, 1.82) is 0 Å². The largest absolute Gasteiger partial charge is 0.481 e. The van der Waals surface area contributed by atoms with Gasteiger partial charge in [0.05, 0.1) is 12.2 Å². The zero-order valence-electron chi connectivity index (χ0n) is 7.03. The van der Waals surface area contributed by atoms with Crippen LogP contribution in [0.4, 0.5) is 0 Å². The van der Waals surface area contributed by atoms with Crippen LogP contribution in [0.15, 0.2) is 0 Å². The summed E-state index contributed by atoms with van der Waals surface area (Å²) in [7, 11) is 0. The maximum atomic E-state index is 10.5. The van der Waals surface area contributed by atoms with E-state index in [0.29, 0.717) is 24.5 Å². The third kappa shape index (κ3) is 1.61. The van der Waals surface area contributed by atoms with Crippen LogP contribution in [0.3, 0.4) is 0 Å². The molecular weight excluding hydrogens is 156 g/mol. The number of aliphatic carboxylic acids is 1. The fraction of sp³-hybridized carbons (Fsp3) is 0.889. The fourth-order valence-electron chi connectivity index (χ4n) is 2.38. The lowest BCUT2D eigenvalue weighted by Gasteiger charge is -2.26. The highest BCUT2D eigenvalue weighted by molar-refractivity contribution is 5.67. The summed E-state index contributed by atoms with van der Waals surface area (Å²) in [5.41, 5.74) is 0. The van der Waals surface area contributed by atoms with Crippen molar-refractivity contribution in [1.82, 2.24) is 0 Å². The Hall–Kier alpha value is -0.570. The van der Waals surface area contributed by atoms with Crippen LogP contribution >= 0.6 is 0 Å². The monoisotopic (exact) mass is 170 g/mol. The first-order valence-electron chi connectivity index (χ1n) is 4.61. The predicted octanol–water partition coefficient (Wildman–Crippen LogP) is 1.42. The van der Waals surface area contributed by atoms with Crippen molar-refractivity contribution in [2.45, 2.75) is 44.3 Å². The number of hydrogen-bond acceptors (Lipinski definition) is 2. The zero-order valence-corrected chi connectivity index (χ0v) is 7.03. The number of carboxylic acids is 1. The van der Waals surface area contributed by atoms with Gasteiger partial charge in [-0.1, -0.05) is 0 Å². The van der Waals surface area contributed by atoms with E-state index in [2.05, 4.69) is 0 Å². The van der Waals surface area contributed by atoms with E-state index in [1.54, 1.807) is 0 Å². The van der Waals surface area contributed by atoms with Gasteiger partial charge in [-0.3, -0.25) is 4.79 Å². The first-order chi connectivity index (χ1) is 5.74. The minimum absolute atomic E-state index is 0.330. The molecule has 0 spiro atoms. The van der Waals surface area contributed by atoms with Crippen LogP contribution in [0, 0.1) is 5.92 Å². The highest BCUT2D eigenvalue weighted by Crippen LogP contribution is 2.37. The maximum Gasteiger partial charge on any atom is 0.303 e. The predicted molar refractivity (Wildman–Crippen MR) is 42.9 cm³/mol. The van der Waals surface area contributed by atoms with E-state index in [-0.39, 0.29) is 0 Å². The van der Waals surface area contributed by atoms with E-state index in [1.165, 1.54) is 0 Å². The first kappa shape index (κ1) is 8.05. The Morgan fingerprint density at radius 2 is 1.92 bits per heavy atom. The van der Waals surface area contributed by atoms with Crippen LogP contribution in [0.1, 0.15) is 32.1 Å². The molecule has 0 aromatic rings. The normalized spacial score (nSPS) is 39.8. The van der Waals surface area contributed by atoms with Gasteiger partial charge in [0.2, 0.25) is 0 Å². The third-order valence-corrected chi connectivity index (χ3v) is 2.85. The standard InChI is InChI=1S/C9H14O3/c10-9(11)5-6-3-7-1-2-8(4-6)12-7/h6-8H,1-5H2,(H,10,11). The van der Waals surface area contributed by atoms with E-state index in [0.717, 1.165) is 25.7 Å². The lowest BCUT2D eigenvalue weighted by Crippen LogP contribution is -2.26. The van der Waals surface area contributed by atoms with Gasteiger partial charge in [0.25, 0.3) is 0 Å². The number of carboxylic acid groups (broad SMARTS) is 1. The van der Waals surface area contributed by atoms with Crippen molar-refractivity contribution in [3.8, 4) is 0 Å². The number of rotatable bonds is 2. The van der Waals surface area contributed by atoms with Gasteiger partial charge in [0, 0.05) is 6.42 Å². The summed E-state index contributed by atoms with van der Waals surface area (Å²) in [5.74, 6) is -0.296. The molecule has 2 rings (SSSR count). The van der Waals surface area contributed by atoms with Crippen molar-refractivity contribution in [2.24, 2.45) is 5.92 Å². The van der Waals surface area contributed by atoms with Crippen molar-refractivity contribution in [3.63, 3.8) is 0 Å². The third-order valence-electron chi connectivity index (χ3n) is 2.85. The molecule has 2 unspecified atom stereocenters. The Bertz CT molecular complexity index is 178. The molecule has 0 saturated carbocycles. The maximum absolute atomic E-state index is 10.5. The topological polar surface area (TPSA) is 46.5 Å². The van der Waals surface area contributed by atoms with Gasteiger partial charge in [-0.2, -0.15) is 0 Å². The lowest BCUT2D eigenvalue weighted by molar-refractivity contribution is -0.139. The highest BCUT2D eigenvalue weighted by Gasteiger charge is 2.35. The lowest BCUT2D eigenvalue weighted by atomic mass is 9.93. The van der Waals surface area contributed by atoms with Gasteiger partial charge in [0.15, 0.2) is 0 Å². The molecule has 0 aliphatic carbocycles. The minimum atomic E-state index is -0.665. The van der Waals surface area contributed by atoms with Crippen molar-refractivity contribution < 1.29 is 14.6 Å². The van der Waals surface area contributed by atoms with Gasteiger partial charge >= 0.3 is 5.97 Å². The Kier molecular flexibility index (Phi) is 2.05. The molecule has 3 nitrogen and oxygen atoms in total. The summed E-state index contributed by atoms with van der Waals surface area (Å²) in [4.78, 5) is 10.5. The van der Waals surface area contributed by atoms with Crippen LogP contribution in [-0.2, 0) is 9.53 Å². The van der Waals surface area contributed by atoms with E-state index in [4.69, 9.17) is 9.84 Å². The molecule has 68 valence electrons. The van der Waals surface area contributed by atoms with E-state index >= 15 is 0 Å². The summed E-state index contributed by atoms with van der Waals surface area (Å²) in [6.07, 6.45) is 5.27. The fourth-order valence-corrected chi connectivity index (χ4v) is 2.38. The molecule has 1 N–H and O–H groups in total. The van der Waals surface area contributed by atoms with Crippen LogP contribution in [0.2, 0.25) is 0 Å². The van der Waals surface area contributed by atoms with E-state index in [9.17, 15) is 4.79 Å². The average Bonchev–Trinajstić information content (AvgIpc) is 2.29. The summed E-state index contributed by atoms with van der Waals surface area (Å²) < 4.78 is 5.62. The Labute approximate surface area is 71.7 Å². The van der Waals surface area contributed by atoms with E-state index < -0.39 is 5.97 Å². The molecule has 0 aromatic heterocycles. The second-order valence-corrected chi connectivity index (χ2v) is 3.89. The highest BCUT2D eigenvalue weighted by atomic mass is 16.5. The molecule has 2 fully saturated rings. The Morgan fingerprint density at radius 1 is 1.33 bits per heavy atom. The van der Waals surface area contributed by atoms with Gasteiger partial charge in [-0.25, -0.2) is 0 Å². The molecule has 2 aliphatic heterocycles. The first-order valence-corrected chi connectivity index (χ1v) is 4.61. The molecule has 0 aromatic carbocycles. The van der Waals surface area contributed by atoms with Gasteiger partial charge < -0.3 is 9.84 Å². The van der Waals surface area contributed by atoms with Crippen LogP contribution in [-0.4, -0.2) is 23.3 Å². The second kappa shape index (κ2) is 3.05. The van der Waals surface area contributed by atoms with Crippen LogP contribution in [0.5, 0.6) is 0 Å². The Morgan fingerprint density at radius 3 is 2.42 bits per heavy atom. The van der Waals surface area contributed by atoms with Gasteiger partial charge in [0.1, 0.15) is 0 Å². The molecule has 2 atom stereocenters. The molecule has 2 bridgehead atoms. The molecule has 2 aliphatic rings. The summed E-state index contributed by atoms with van der Waals surface area (Å²) in [5, 5.41) is 8.62. The number of hydrogen-bond donors (Lipinski definition) is 1. The van der Waals surface area contributed by atoms with Crippen LogP contribution in [0.25, 0.3) is 0 Å². The SMILES string of the molecule is O=C(O)CC1CC2CCC(C1)O2. The van der Waals surface area contributed by atoms with Gasteiger partial charge in [-0.15, -0.1) is 0 Å². The average molecular weight is 170 g/mol. The van der Waals surface area contributed by atoms with Crippen molar-refractivity contribution in [2.75, 3.05) is 0 Å². The summed E-state index contributed by atoms with van der Waals surface area (Å²) >= 11 is 0. The van der Waals surface area contributed by atoms with Crippen molar-refractivity contribution >= 4 is 5.97 Å². The Balaban J connectivity index is 1.89. The van der Waals surface area contributed by atoms with Crippen LogP contribution < -0.4 is 0 Å². The van der Waals surface area contributed by atoms with E-state index in [1.807, 2.05) is 0 Å². The molecular formula is C9H14O3. The minimum Gasteiger partial charge on any atom is -0.481 e. The molecule has 0 amide bonds. The summed E-state index contributed by atoms with van der Waals surface area (Å²) in [6.45, 7) is 0. The molecule has 12 heavy (non-hydrogen) atoms. The second-order valence-electron chi connectivity index (χ2n) is 3.89. The molecule has 2 saturated heterocycles. The smallest absolute Gasteiger partial charge is 0.303 e. The molecule has 3 heteroatoms. The molecule has 0 radical (unpaired) electrons. The van der Waals surface area contributed by atoms with Gasteiger partial charge in [-0.05, 0) is 31.6 Å². The van der Waals surface area contributed by atoms with Crippen molar-refractivity contribution in [3.05, 3.63) is 0 Å². The quantitative estimate of drug-likeness (QED) is 0.681. The number of carbonyl (C=O) groups is 1. The summed E-state index contributed by atoms with van der Waals surface area (Å²) in [6, 6.07) is 0.